The van der Waals surface area contributed by atoms with Crippen LogP contribution in [0.15, 0.2) is 88.1 Å². The lowest BCUT2D eigenvalue weighted by Gasteiger charge is -2.23. The summed E-state index contributed by atoms with van der Waals surface area (Å²) in [5.41, 5.74) is -0.108. The SMILES string of the molecule is CCOC(=O)C(c1nc2cc(OC)ccc2oc1=O)C(CC(=O)c1ccccc1)C(=O)c1ccccc1. The Morgan fingerprint density at radius 1 is 0.919 bits per heavy atom. The number of rotatable bonds is 10. The zero-order valence-electron chi connectivity index (χ0n) is 20.4. The molecule has 0 bridgehead atoms. The molecule has 0 aliphatic rings. The number of hydrogen-bond donors (Lipinski definition) is 0. The molecule has 2 atom stereocenters. The number of carbonyl (C=O) groups excluding carboxylic acids is 3. The van der Waals surface area contributed by atoms with Gasteiger partial charge in [-0.2, -0.15) is 0 Å². The van der Waals surface area contributed by atoms with E-state index in [1.54, 1.807) is 79.7 Å². The fourth-order valence-corrected chi connectivity index (χ4v) is 4.14. The van der Waals surface area contributed by atoms with Crippen molar-refractivity contribution in [3.8, 4) is 5.75 Å². The molecule has 1 heterocycles. The normalized spacial score (nSPS) is 12.5. The van der Waals surface area contributed by atoms with Crippen LogP contribution >= 0.6 is 0 Å². The van der Waals surface area contributed by atoms with Crippen molar-refractivity contribution in [3.63, 3.8) is 0 Å². The number of Topliss-reactive ketones (excluding diaryl/α,β-unsaturated/α-hetero) is 2. The van der Waals surface area contributed by atoms with Gasteiger partial charge in [-0.25, -0.2) is 9.78 Å². The lowest BCUT2D eigenvalue weighted by Crippen LogP contribution is -2.35. The van der Waals surface area contributed by atoms with Crippen LogP contribution in [0.2, 0.25) is 0 Å². The summed E-state index contributed by atoms with van der Waals surface area (Å²) >= 11 is 0. The van der Waals surface area contributed by atoms with Gasteiger partial charge in [-0.15, -0.1) is 0 Å². The maximum atomic E-state index is 13.8. The van der Waals surface area contributed by atoms with Crippen LogP contribution in [0, 0.1) is 5.92 Å². The van der Waals surface area contributed by atoms with E-state index in [0.717, 1.165) is 0 Å². The summed E-state index contributed by atoms with van der Waals surface area (Å²) in [4.78, 5) is 57.8. The Morgan fingerprint density at radius 3 is 2.19 bits per heavy atom. The second-order valence-electron chi connectivity index (χ2n) is 8.28. The molecule has 1 aromatic heterocycles. The van der Waals surface area contributed by atoms with Gasteiger partial charge in [-0.1, -0.05) is 60.7 Å². The van der Waals surface area contributed by atoms with Crippen molar-refractivity contribution in [1.29, 1.82) is 0 Å². The fraction of sp³-hybridized carbons (Fsp3) is 0.207. The molecular formula is C29H25NO7. The van der Waals surface area contributed by atoms with Crippen LogP contribution < -0.4 is 10.4 Å². The van der Waals surface area contributed by atoms with Gasteiger partial charge < -0.3 is 13.9 Å². The number of ketones is 2. The zero-order valence-corrected chi connectivity index (χ0v) is 20.4. The first kappa shape index (κ1) is 25.5. The molecule has 0 aliphatic heterocycles. The number of fused-ring (bicyclic) bond motifs is 1. The summed E-state index contributed by atoms with van der Waals surface area (Å²) in [5.74, 6) is -3.99. The quantitative estimate of drug-likeness (QED) is 0.230. The Bertz CT molecular complexity index is 1480. The minimum atomic E-state index is -1.48. The molecule has 0 fully saturated rings. The summed E-state index contributed by atoms with van der Waals surface area (Å²) in [6.45, 7) is 1.61. The van der Waals surface area contributed by atoms with E-state index in [4.69, 9.17) is 13.9 Å². The summed E-state index contributed by atoms with van der Waals surface area (Å²) < 4.78 is 16.0. The van der Waals surface area contributed by atoms with E-state index in [9.17, 15) is 19.2 Å². The van der Waals surface area contributed by atoms with Crippen molar-refractivity contribution in [2.45, 2.75) is 19.3 Å². The van der Waals surface area contributed by atoms with E-state index >= 15 is 0 Å². The van der Waals surface area contributed by atoms with Crippen molar-refractivity contribution in [2.24, 2.45) is 5.92 Å². The average molecular weight is 500 g/mol. The van der Waals surface area contributed by atoms with E-state index in [2.05, 4.69) is 4.98 Å². The van der Waals surface area contributed by atoms with Gasteiger partial charge in [0.15, 0.2) is 17.1 Å². The van der Waals surface area contributed by atoms with E-state index in [1.807, 2.05) is 0 Å². The number of methoxy groups -OCH3 is 1. The second kappa shape index (κ2) is 11.4. The molecule has 37 heavy (non-hydrogen) atoms. The van der Waals surface area contributed by atoms with Gasteiger partial charge in [0.25, 0.3) is 0 Å². The molecule has 0 saturated carbocycles. The highest BCUT2D eigenvalue weighted by atomic mass is 16.5. The highest BCUT2D eigenvalue weighted by molar-refractivity contribution is 6.06. The van der Waals surface area contributed by atoms with Gasteiger partial charge in [0.2, 0.25) is 0 Å². The molecule has 3 aromatic carbocycles. The molecule has 188 valence electrons. The summed E-state index contributed by atoms with van der Waals surface area (Å²) in [5, 5.41) is 0. The predicted octanol–water partition coefficient (Wildman–Crippen LogP) is 4.62. The standard InChI is InChI=1S/C29H25NO7/c1-3-36-28(33)25(26-29(34)37-24-15-14-20(35-2)16-22(24)30-26)21(27(32)19-12-8-5-9-13-19)17-23(31)18-10-6-4-7-11-18/h4-16,21,25H,3,17H2,1-2H3. The summed E-state index contributed by atoms with van der Waals surface area (Å²) in [6, 6.07) is 21.4. The lowest BCUT2D eigenvalue weighted by molar-refractivity contribution is -0.146. The van der Waals surface area contributed by atoms with Gasteiger partial charge >= 0.3 is 11.6 Å². The van der Waals surface area contributed by atoms with Crippen molar-refractivity contribution in [2.75, 3.05) is 13.7 Å². The first-order chi connectivity index (χ1) is 17.9. The van der Waals surface area contributed by atoms with E-state index < -0.39 is 29.2 Å². The molecular weight excluding hydrogens is 474 g/mol. The predicted molar refractivity (Wildman–Crippen MR) is 136 cm³/mol. The number of ether oxygens (including phenoxy) is 2. The van der Waals surface area contributed by atoms with E-state index in [0.29, 0.717) is 11.3 Å². The first-order valence-corrected chi connectivity index (χ1v) is 11.8. The van der Waals surface area contributed by atoms with Gasteiger partial charge in [0.1, 0.15) is 22.9 Å². The third-order valence-corrected chi connectivity index (χ3v) is 5.95. The van der Waals surface area contributed by atoms with E-state index in [1.165, 1.54) is 13.2 Å². The fourth-order valence-electron chi connectivity index (χ4n) is 4.14. The first-order valence-electron chi connectivity index (χ1n) is 11.8. The molecule has 0 spiro atoms. The van der Waals surface area contributed by atoms with Crippen LogP contribution in [0.5, 0.6) is 5.75 Å². The number of aromatic nitrogens is 1. The highest BCUT2D eigenvalue weighted by Crippen LogP contribution is 2.32. The Labute approximate surface area is 212 Å². The van der Waals surface area contributed by atoms with Crippen molar-refractivity contribution in [1.82, 2.24) is 4.98 Å². The Kier molecular flexibility index (Phi) is 7.88. The molecule has 8 heteroatoms. The second-order valence-corrected chi connectivity index (χ2v) is 8.28. The monoisotopic (exact) mass is 499 g/mol. The van der Waals surface area contributed by atoms with Crippen LogP contribution in [0.1, 0.15) is 45.7 Å². The molecule has 2 unspecified atom stereocenters. The Morgan fingerprint density at radius 2 is 1.57 bits per heavy atom. The smallest absolute Gasteiger partial charge is 0.359 e. The molecule has 0 saturated heterocycles. The zero-order chi connectivity index (χ0) is 26.4. The number of nitrogens with zero attached hydrogens (tertiary/aromatic N) is 1. The molecule has 4 aromatic rings. The Balaban J connectivity index is 1.88. The number of carbonyl (C=O) groups is 3. The average Bonchev–Trinajstić information content (AvgIpc) is 2.93. The third-order valence-electron chi connectivity index (χ3n) is 5.95. The summed E-state index contributed by atoms with van der Waals surface area (Å²) in [6.07, 6.45) is -0.349. The molecule has 0 amide bonds. The third kappa shape index (κ3) is 5.64. The van der Waals surface area contributed by atoms with Crippen LogP contribution in [0.4, 0.5) is 0 Å². The van der Waals surface area contributed by atoms with Crippen molar-refractivity contribution in [3.05, 3.63) is 106 Å². The van der Waals surface area contributed by atoms with Crippen molar-refractivity contribution < 1.29 is 28.3 Å². The van der Waals surface area contributed by atoms with Gasteiger partial charge in [-0.05, 0) is 19.1 Å². The van der Waals surface area contributed by atoms with E-state index in [-0.39, 0.29) is 41.2 Å². The largest absolute Gasteiger partial charge is 0.497 e. The van der Waals surface area contributed by atoms with Gasteiger partial charge in [-0.3, -0.25) is 14.4 Å². The number of esters is 1. The maximum Gasteiger partial charge on any atom is 0.359 e. The van der Waals surface area contributed by atoms with Gasteiger partial charge in [0.05, 0.1) is 13.7 Å². The number of benzene rings is 3. The number of hydrogen-bond acceptors (Lipinski definition) is 8. The Hall–Kier alpha value is -4.59. The van der Waals surface area contributed by atoms with Gasteiger partial charge in [0, 0.05) is 29.5 Å². The minimum Gasteiger partial charge on any atom is -0.497 e. The van der Waals surface area contributed by atoms with Crippen LogP contribution in [0.25, 0.3) is 11.1 Å². The molecule has 4 rings (SSSR count). The molecule has 0 N–H and O–H groups in total. The molecule has 0 radical (unpaired) electrons. The minimum absolute atomic E-state index is 0.000942. The highest BCUT2D eigenvalue weighted by Gasteiger charge is 2.41. The lowest BCUT2D eigenvalue weighted by atomic mass is 9.79. The van der Waals surface area contributed by atoms with Crippen LogP contribution in [0.3, 0.4) is 0 Å². The molecule has 8 nitrogen and oxygen atoms in total. The topological polar surface area (TPSA) is 113 Å². The van der Waals surface area contributed by atoms with Crippen LogP contribution in [-0.4, -0.2) is 36.2 Å². The molecule has 0 aliphatic carbocycles. The maximum absolute atomic E-state index is 13.8. The summed E-state index contributed by atoms with van der Waals surface area (Å²) in [7, 11) is 1.48. The van der Waals surface area contributed by atoms with Crippen molar-refractivity contribution >= 4 is 28.6 Å². The van der Waals surface area contributed by atoms with Crippen LogP contribution in [-0.2, 0) is 9.53 Å².